The van der Waals surface area contributed by atoms with Crippen LogP contribution in [0.4, 0.5) is 0 Å². The molecule has 1 aliphatic heterocycles. The van der Waals surface area contributed by atoms with Gasteiger partial charge in [-0.25, -0.2) is 0 Å². The summed E-state index contributed by atoms with van der Waals surface area (Å²) in [7, 11) is 0. The van der Waals surface area contributed by atoms with Gasteiger partial charge in [0.1, 0.15) is 0 Å². The maximum absolute atomic E-state index is 12.8. The molecule has 0 aromatic heterocycles. The summed E-state index contributed by atoms with van der Waals surface area (Å²) < 4.78 is 5.50. The Morgan fingerprint density at radius 2 is 1.74 bits per heavy atom. The number of carbonyl (C=O) groups excluding carboxylic acids is 3. The molecule has 170 valence electrons. The van der Waals surface area contributed by atoms with Crippen molar-refractivity contribution in [1.82, 2.24) is 10.2 Å². The molecule has 0 bridgehead atoms. The van der Waals surface area contributed by atoms with Crippen LogP contribution in [-0.4, -0.2) is 47.9 Å². The van der Waals surface area contributed by atoms with Crippen molar-refractivity contribution in [3.05, 3.63) is 35.4 Å². The van der Waals surface area contributed by atoms with Crippen LogP contribution in [0.1, 0.15) is 68.8 Å². The Morgan fingerprint density at radius 1 is 1.06 bits per heavy atom. The fourth-order valence-electron chi connectivity index (χ4n) is 4.71. The molecule has 0 radical (unpaired) electrons. The Morgan fingerprint density at radius 3 is 2.42 bits per heavy atom. The molecule has 1 N–H and O–H groups in total. The SMILES string of the molecule is Cc1ccccc1C(=O)N1CCC(C(=O)O[C@H](C)C(=O)N[C@@H]2CCC[C@@H](C)[C@@H]2C)CC1. The third-order valence-electron chi connectivity index (χ3n) is 7.19. The molecule has 6 nitrogen and oxygen atoms in total. The van der Waals surface area contributed by atoms with Crippen molar-refractivity contribution in [3.8, 4) is 0 Å². The van der Waals surface area contributed by atoms with E-state index in [1.54, 1.807) is 11.8 Å². The minimum Gasteiger partial charge on any atom is -0.452 e. The first-order valence-electron chi connectivity index (χ1n) is 11.6. The zero-order valence-corrected chi connectivity index (χ0v) is 19.2. The van der Waals surface area contributed by atoms with Gasteiger partial charge in [0.05, 0.1) is 5.92 Å². The van der Waals surface area contributed by atoms with Crippen LogP contribution in [0.25, 0.3) is 0 Å². The summed E-state index contributed by atoms with van der Waals surface area (Å²) in [5, 5.41) is 3.08. The molecule has 1 heterocycles. The molecule has 2 aliphatic rings. The summed E-state index contributed by atoms with van der Waals surface area (Å²) >= 11 is 0. The highest BCUT2D eigenvalue weighted by Crippen LogP contribution is 2.29. The minimum absolute atomic E-state index is 0.00786. The van der Waals surface area contributed by atoms with Crippen LogP contribution < -0.4 is 5.32 Å². The van der Waals surface area contributed by atoms with E-state index >= 15 is 0 Å². The number of piperidine rings is 1. The van der Waals surface area contributed by atoms with E-state index in [1.165, 1.54) is 6.42 Å². The predicted molar refractivity (Wildman–Crippen MR) is 119 cm³/mol. The molecule has 1 saturated heterocycles. The Balaban J connectivity index is 1.46. The topological polar surface area (TPSA) is 75.7 Å². The lowest BCUT2D eigenvalue weighted by Gasteiger charge is -2.35. The molecule has 4 atom stereocenters. The molecular weight excluding hydrogens is 392 g/mol. The second-order valence-electron chi connectivity index (χ2n) is 9.34. The van der Waals surface area contributed by atoms with Crippen LogP contribution in [0, 0.1) is 24.7 Å². The molecule has 3 rings (SSSR count). The molecule has 1 aromatic rings. The lowest BCUT2D eigenvalue weighted by atomic mass is 9.78. The number of aryl methyl sites for hydroxylation is 1. The lowest BCUT2D eigenvalue weighted by Crippen LogP contribution is -2.48. The number of esters is 1. The van der Waals surface area contributed by atoms with Crippen molar-refractivity contribution in [2.24, 2.45) is 17.8 Å². The summed E-state index contributed by atoms with van der Waals surface area (Å²) in [6.07, 6.45) is 3.60. The number of nitrogens with one attached hydrogen (secondary N) is 1. The van der Waals surface area contributed by atoms with Crippen LogP contribution in [-0.2, 0) is 14.3 Å². The second-order valence-corrected chi connectivity index (χ2v) is 9.34. The van der Waals surface area contributed by atoms with E-state index in [9.17, 15) is 14.4 Å². The zero-order valence-electron chi connectivity index (χ0n) is 19.2. The summed E-state index contributed by atoms with van der Waals surface area (Å²) in [6, 6.07) is 7.70. The van der Waals surface area contributed by atoms with Gasteiger partial charge in [-0.2, -0.15) is 0 Å². The van der Waals surface area contributed by atoms with Crippen LogP contribution in [0.3, 0.4) is 0 Å². The van der Waals surface area contributed by atoms with Gasteiger partial charge < -0.3 is 15.0 Å². The zero-order chi connectivity index (χ0) is 22.5. The number of nitrogens with zero attached hydrogens (tertiary/aromatic N) is 1. The van der Waals surface area contributed by atoms with Gasteiger partial charge in [-0.05, 0) is 56.6 Å². The molecular formula is C25H36N2O4. The number of hydrogen-bond donors (Lipinski definition) is 1. The number of rotatable bonds is 5. The minimum atomic E-state index is -0.802. The number of carbonyl (C=O) groups is 3. The van der Waals surface area contributed by atoms with E-state index < -0.39 is 6.10 Å². The molecule has 1 saturated carbocycles. The average Bonchev–Trinajstić information content (AvgIpc) is 2.76. The molecule has 2 amide bonds. The molecule has 6 heteroatoms. The molecule has 0 unspecified atom stereocenters. The van der Waals surface area contributed by atoms with E-state index in [2.05, 4.69) is 19.2 Å². The molecule has 1 aromatic carbocycles. The normalized spacial score (nSPS) is 25.5. The third-order valence-corrected chi connectivity index (χ3v) is 7.19. The Kier molecular flexibility index (Phi) is 7.74. The highest BCUT2D eigenvalue weighted by atomic mass is 16.5. The number of amides is 2. The lowest BCUT2D eigenvalue weighted by molar-refractivity contribution is -0.160. The summed E-state index contributed by atoms with van der Waals surface area (Å²) in [5.74, 6) is 0.195. The largest absolute Gasteiger partial charge is 0.452 e. The summed E-state index contributed by atoms with van der Waals surface area (Å²) in [6.45, 7) is 9.01. The van der Waals surface area contributed by atoms with E-state index in [4.69, 9.17) is 4.74 Å². The van der Waals surface area contributed by atoms with Gasteiger partial charge >= 0.3 is 5.97 Å². The number of benzene rings is 1. The number of ether oxygens (including phenoxy) is 1. The van der Waals surface area contributed by atoms with Crippen molar-refractivity contribution in [3.63, 3.8) is 0 Å². The van der Waals surface area contributed by atoms with Gasteiger partial charge in [0.25, 0.3) is 11.8 Å². The maximum Gasteiger partial charge on any atom is 0.309 e. The van der Waals surface area contributed by atoms with Crippen molar-refractivity contribution in [2.45, 2.75) is 71.9 Å². The van der Waals surface area contributed by atoms with Crippen LogP contribution in [0.2, 0.25) is 0 Å². The molecule has 0 spiro atoms. The van der Waals surface area contributed by atoms with Gasteiger partial charge in [0.15, 0.2) is 6.10 Å². The Labute approximate surface area is 185 Å². The predicted octanol–water partition coefficient (Wildman–Crippen LogP) is 3.72. The maximum atomic E-state index is 12.8. The third kappa shape index (κ3) is 5.66. The fraction of sp³-hybridized carbons (Fsp3) is 0.640. The summed E-state index contributed by atoms with van der Waals surface area (Å²) in [5.41, 5.74) is 1.66. The van der Waals surface area contributed by atoms with Gasteiger partial charge in [-0.1, -0.05) is 44.9 Å². The van der Waals surface area contributed by atoms with Crippen LogP contribution in [0.5, 0.6) is 0 Å². The Bertz CT molecular complexity index is 800. The van der Waals surface area contributed by atoms with Crippen LogP contribution >= 0.6 is 0 Å². The van der Waals surface area contributed by atoms with E-state index in [0.29, 0.717) is 43.3 Å². The highest BCUT2D eigenvalue weighted by Gasteiger charge is 2.33. The van der Waals surface area contributed by atoms with E-state index in [-0.39, 0.29) is 29.7 Å². The summed E-state index contributed by atoms with van der Waals surface area (Å²) in [4.78, 5) is 39.7. The van der Waals surface area contributed by atoms with E-state index in [1.807, 2.05) is 31.2 Å². The van der Waals surface area contributed by atoms with Crippen molar-refractivity contribution in [2.75, 3.05) is 13.1 Å². The van der Waals surface area contributed by atoms with Gasteiger partial charge in [-0.15, -0.1) is 0 Å². The fourth-order valence-corrected chi connectivity index (χ4v) is 4.71. The molecule has 1 aliphatic carbocycles. The van der Waals surface area contributed by atoms with Crippen LogP contribution in [0.15, 0.2) is 24.3 Å². The number of hydrogen-bond acceptors (Lipinski definition) is 4. The Hall–Kier alpha value is -2.37. The first-order chi connectivity index (χ1) is 14.8. The highest BCUT2D eigenvalue weighted by molar-refractivity contribution is 5.95. The van der Waals surface area contributed by atoms with E-state index in [0.717, 1.165) is 18.4 Å². The van der Waals surface area contributed by atoms with Gasteiger partial charge in [-0.3, -0.25) is 14.4 Å². The smallest absolute Gasteiger partial charge is 0.309 e. The second kappa shape index (κ2) is 10.3. The monoisotopic (exact) mass is 428 g/mol. The molecule has 31 heavy (non-hydrogen) atoms. The first kappa shape index (κ1) is 23.3. The first-order valence-corrected chi connectivity index (χ1v) is 11.6. The van der Waals surface area contributed by atoms with Gasteiger partial charge in [0, 0.05) is 24.7 Å². The van der Waals surface area contributed by atoms with Crippen molar-refractivity contribution in [1.29, 1.82) is 0 Å². The van der Waals surface area contributed by atoms with Gasteiger partial charge in [0.2, 0.25) is 0 Å². The molecule has 2 fully saturated rings. The van der Waals surface area contributed by atoms with Crippen molar-refractivity contribution >= 4 is 17.8 Å². The quantitative estimate of drug-likeness (QED) is 0.726. The van der Waals surface area contributed by atoms with Crippen molar-refractivity contribution < 1.29 is 19.1 Å². The average molecular weight is 429 g/mol. The standard InChI is InChI=1S/C25H36N2O4/c1-16-9-7-11-22(18(16)3)26-23(28)19(4)31-25(30)20-12-14-27(15-13-20)24(29)21-10-6-5-8-17(21)2/h5-6,8,10,16,18-20,22H,7,9,11-15H2,1-4H3,(H,26,28)/t16-,18+,19-,22-/m1/s1. The number of likely N-dealkylation sites (tertiary alicyclic amines) is 1.